The van der Waals surface area contributed by atoms with Crippen molar-refractivity contribution in [3.05, 3.63) is 65.5 Å². The Kier molecular flexibility index (Phi) is 4.66. The number of hydrogen-bond acceptors (Lipinski definition) is 3. The van der Waals surface area contributed by atoms with Crippen molar-refractivity contribution in [1.29, 1.82) is 5.26 Å². The lowest BCUT2D eigenvalue weighted by Gasteiger charge is -2.14. The lowest BCUT2D eigenvalue weighted by atomic mass is 10.1. The molecule has 1 unspecified atom stereocenters. The molecule has 0 fully saturated rings. The van der Waals surface area contributed by atoms with E-state index in [0.717, 1.165) is 18.5 Å². The first kappa shape index (κ1) is 13.3. The van der Waals surface area contributed by atoms with Gasteiger partial charge in [0, 0.05) is 18.4 Å². The summed E-state index contributed by atoms with van der Waals surface area (Å²) in [5, 5.41) is 12.4. The highest BCUT2D eigenvalue weighted by atomic mass is 14.9. The van der Waals surface area contributed by atoms with Crippen LogP contribution in [-0.4, -0.2) is 11.5 Å². The summed E-state index contributed by atoms with van der Waals surface area (Å²) in [7, 11) is 0. The number of nitrogens with zero attached hydrogens (tertiary/aromatic N) is 2. The van der Waals surface area contributed by atoms with Crippen LogP contribution in [0.2, 0.25) is 0 Å². The fourth-order valence-corrected chi connectivity index (χ4v) is 1.97. The van der Waals surface area contributed by atoms with E-state index in [0.29, 0.717) is 5.56 Å². The minimum atomic E-state index is 0.241. The molecule has 3 nitrogen and oxygen atoms in total. The molecule has 1 aromatic heterocycles. The molecule has 0 aliphatic rings. The van der Waals surface area contributed by atoms with Crippen LogP contribution in [0.4, 0.5) is 0 Å². The van der Waals surface area contributed by atoms with E-state index in [1.807, 2.05) is 36.5 Å². The van der Waals surface area contributed by atoms with Crippen molar-refractivity contribution in [3.63, 3.8) is 0 Å². The van der Waals surface area contributed by atoms with Gasteiger partial charge in [-0.3, -0.25) is 4.98 Å². The molecular weight excluding hydrogens is 234 g/mol. The molecule has 1 atom stereocenters. The number of nitrogens with one attached hydrogen (secondary N) is 1. The van der Waals surface area contributed by atoms with Crippen molar-refractivity contribution < 1.29 is 0 Å². The van der Waals surface area contributed by atoms with Crippen molar-refractivity contribution in [1.82, 2.24) is 10.3 Å². The number of benzene rings is 1. The first-order valence-corrected chi connectivity index (χ1v) is 6.42. The second-order valence-electron chi connectivity index (χ2n) is 4.52. The van der Waals surface area contributed by atoms with E-state index < -0.39 is 0 Å². The van der Waals surface area contributed by atoms with E-state index >= 15 is 0 Å². The van der Waals surface area contributed by atoms with Gasteiger partial charge in [-0.05, 0) is 49.2 Å². The van der Waals surface area contributed by atoms with Crippen molar-refractivity contribution in [2.75, 3.05) is 6.54 Å². The molecule has 0 amide bonds. The first-order valence-electron chi connectivity index (χ1n) is 6.42. The molecule has 0 saturated heterocycles. The normalized spacial score (nSPS) is 11.8. The number of hydrogen-bond donors (Lipinski definition) is 1. The molecule has 0 saturated carbocycles. The molecule has 1 aromatic carbocycles. The predicted molar refractivity (Wildman–Crippen MR) is 75.5 cm³/mol. The van der Waals surface area contributed by atoms with Crippen molar-refractivity contribution >= 4 is 0 Å². The van der Waals surface area contributed by atoms with E-state index in [4.69, 9.17) is 5.26 Å². The van der Waals surface area contributed by atoms with Gasteiger partial charge in [0.1, 0.15) is 0 Å². The summed E-state index contributed by atoms with van der Waals surface area (Å²) >= 11 is 0. The molecule has 2 rings (SSSR count). The standard InChI is InChI=1S/C16H17N3/c1-13(16-6-2-4-15(10-16)11-17)19-9-7-14-5-3-8-18-12-14/h2-6,8,10,12-13,19H,7,9H2,1H3. The van der Waals surface area contributed by atoms with E-state index in [2.05, 4.69) is 29.4 Å². The predicted octanol–water partition coefficient (Wildman–Crippen LogP) is 2.85. The molecule has 0 bridgehead atoms. The second kappa shape index (κ2) is 6.67. The van der Waals surface area contributed by atoms with Gasteiger partial charge >= 0.3 is 0 Å². The quantitative estimate of drug-likeness (QED) is 0.889. The van der Waals surface area contributed by atoms with E-state index in [1.54, 1.807) is 6.20 Å². The molecule has 0 aliphatic heterocycles. The maximum Gasteiger partial charge on any atom is 0.0991 e. The molecule has 0 aliphatic carbocycles. The highest BCUT2D eigenvalue weighted by Crippen LogP contribution is 2.13. The molecule has 96 valence electrons. The van der Waals surface area contributed by atoms with Gasteiger partial charge in [-0.1, -0.05) is 18.2 Å². The van der Waals surface area contributed by atoms with Gasteiger partial charge in [0.15, 0.2) is 0 Å². The zero-order valence-electron chi connectivity index (χ0n) is 11.0. The van der Waals surface area contributed by atoms with Crippen LogP contribution in [0.5, 0.6) is 0 Å². The van der Waals surface area contributed by atoms with Gasteiger partial charge in [0.05, 0.1) is 11.6 Å². The summed E-state index contributed by atoms with van der Waals surface area (Å²) in [6.07, 6.45) is 4.63. The Bertz CT molecular complexity index is 558. The summed E-state index contributed by atoms with van der Waals surface area (Å²) in [4.78, 5) is 4.10. The van der Waals surface area contributed by atoms with E-state index in [9.17, 15) is 0 Å². The van der Waals surface area contributed by atoms with Gasteiger partial charge in [-0.15, -0.1) is 0 Å². The fraction of sp³-hybridized carbons (Fsp3) is 0.250. The number of pyridine rings is 1. The molecule has 2 aromatic rings. The average molecular weight is 251 g/mol. The second-order valence-corrected chi connectivity index (χ2v) is 4.52. The smallest absolute Gasteiger partial charge is 0.0991 e. The molecule has 1 heterocycles. The summed E-state index contributed by atoms with van der Waals surface area (Å²) in [5.41, 5.74) is 3.08. The van der Waals surface area contributed by atoms with Crippen LogP contribution in [0.3, 0.4) is 0 Å². The molecular formula is C16H17N3. The Morgan fingerprint density at radius 3 is 2.95 bits per heavy atom. The maximum atomic E-state index is 8.89. The molecule has 19 heavy (non-hydrogen) atoms. The SMILES string of the molecule is CC(NCCc1cccnc1)c1cccc(C#N)c1. The van der Waals surface area contributed by atoms with Gasteiger partial charge in [-0.2, -0.15) is 5.26 Å². The van der Waals surface area contributed by atoms with Crippen molar-refractivity contribution in [2.45, 2.75) is 19.4 Å². The van der Waals surface area contributed by atoms with Crippen LogP contribution in [-0.2, 0) is 6.42 Å². The highest BCUT2D eigenvalue weighted by Gasteiger charge is 2.05. The number of aromatic nitrogens is 1. The van der Waals surface area contributed by atoms with E-state index in [1.165, 1.54) is 5.56 Å². The summed E-state index contributed by atoms with van der Waals surface area (Å²) < 4.78 is 0. The van der Waals surface area contributed by atoms with Crippen LogP contribution in [0.15, 0.2) is 48.8 Å². The summed E-state index contributed by atoms with van der Waals surface area (Å²) in [5.74, 6) is 0. The third kappa shape index (κ3) is 3.90. The van der Waals surface area contributed by atoms with Crippen LogP contribution >= 0.6 is 0 Å². The monoisotopic (exact) mass is 251 g/mol. The van der Waals surface area contributed by atoms with Gasteiger partial charge < -0.3 is 5.32 Å². The summed E-state index contributed by atoms with van der Waals surface area (Å²) in [6, 6.07) is 14.2. The Morgan fingerprint density at radius 2 is 2.21 bits per heavy atom. The summed E-state index contributed by atoms with van der Waals surface area (Å²) in [6.45, 7) is 3.00. The zero-order valence-corrected chi connectivity index (χ0v) is 11.0. The van der Waals surface area contributed by atoms with Crippen LogP contribution in [0, 0.1) is 11.3 Å². The zero-order chi connectivity index (χ0) is 13.5. The maximum absolute atomic E-state index is 8.89. The minimum absolute atomic E-state index is 0.241. The van der Waals surface area contributed by atoms with Crippen LogP contribution in [0.25, 0.3) is 0 Å². The Hall–Kier alpha value is -2.18. The Morgan fingerprint density at radius 1 is 1.32 bits per heavy atom. The van der Waals surface area contributed by atoms with Crippen LogP contribution in [0.1, 0.15) is 29.7 Å². The molecule has 0 radical (unpaired) electrons. The number of nitriles is 1. The third-order valence-corrected chi connectivity index (χ3v) is 3.10. The lowest BCUT2D eigenvalue weighted by Crippen LogP contribution is -2.21. The largest absolute Gasteiger partial charge is 0.310 e. The Balaban J connectivity index is 1.87. The van der Waals surface area contributed by atoms with Gasteiger partial charge in [-0.25, -0.2) is 0 Å². The lowest BCUT2D eigenvalue weighted by molar-refractivity contribution is 0.576. The van der Waals surface area contributed by atoms with E-state index in [-0.39, 0.29) is 6.04 Å². The Labute approximate surface area is 113 Å². The number of rotatable bonds is 5. The fourth-order valence-electron chi connectivity index (χ4n) is 1.97. The average Bonchev–Trinajstić information content (AvgIpc) is 2.48. The topological polar surface area (TPSA) is 48.7 Å². The third-order valence-electron chi connectivity index (χ3n) is 3.10. The van der Waals surface area contributed by atoms with Crippen molar-refractivity contribution in [2.24, 2.45) is 0 Å². The van der Waals surface area contributed by atoms with Crippen LogP contribution < -0.4 is 5.32 Å². The molecule has 1 N–H and O–H groups in total. The molecule has 3 heteroatoms. The molecule has 0 spiro atoms. The van der Waals surface area contributed by atoms with Gasteiger partial charge in [0.25, 0.3) is 0 Å². The van der Waals surface area contributed by atoms with Gasteiger partial charge in [0.2, 0.25) is 0 Å². The highest BCUT2D eigenvalue weighted by molar-refractivity contribution is 5.34. The first-order chi connectivity index (χ1) is 9.29. The minimum Gasteiger partial charge on any atom is -0.310 e. The van der Waals surface area contributed by atoms with Crippen molar-refractivity contribution in [3.8, 4) is 6.07 Å².